The lowest BCUT2D eigenvalue weighted by molar-refractivity contribution is -0.133. The molecule has 0 bridgehead atoms. The van der Waals surface area contributed by atoms with Gasteiger partial charge in [0.05, 0.1) is 18.5 Å². The second-order valence-corrected chi connectivity index (χ2v) is 3.83. The molecule has 0 unspecified atom stereocenters. The van der Waals surface area contributed by atoms with Gasteiger partial charge in [-0.15, -0.1) is 0 Å². The molecular weight excluding hydrogens is 248 g/mol. The Morgan fingerprint density at radius 1 is 1.32 bits per heavy atom. The quantitative estimate of drug-likeness (QED) is 0.792. The van der Waals surface area contributed by atoms with Crippen LogP contribution in [0, 0.1) is 0 Å². The van der Waals surface area contributed by atoms with Gasteiger partial charge in [0, 0.05) is 17.2 Å². The minimum absolute atomic E-state index is 0.0106. The summed E-state index contributed by atoms with van der Waals surface area (Å²) in [6.07, 6.45) is 1.45. The highest BCUT2D eigenvalue weighted by Gasteiger charge is 2.12. The summed E-state index contributed by atoms with van der Waals surface area (Å²) < 4.78 is 5.17. The third kappa shape index (κ3) is 4.09. The van der Waals surface area contributed by atoms with Gasteiger partial charge in [-0.1, -0.05) is 0 Å². The van der Waals surface area contributed by atoms with Crippen molar-refractivity contribution in [1.29, 1.82) is 0 Å². The normalized spacial score (nSPS) is 11.5. The number of carbonyl (C=O) groups excluding carboxylic acids is 1. The molecule has 1 aromatic rings. The highest BCUT2D eigenvalue weighted by Crippen LogP contribution is 2.13. The monoisotopic (exact) mass is 264 g/mol. The maximum atomic E-state index is 11.8. The summed E-state index contributed by atoms with van der Waals surface area (Å²) in [5.74, 6) is -1.11. The number of hydrogen-bond donors (Lipinski definition) is 2. The molecular formula is C13H16N2O4. The van der Waals surface area contributed by atoms with Crippen LogP contribution >= 0.6 is 0 Å². The van der Waals surface area contributed by atoms with Gasteiger partial charge >= 0.3 is 5.97 Å². The highest BCUT2D eigenvalue weighted by molar-refractivity contribution is 6.07. The predicted molar refractivity (Wildman–Crippen MR) is 70.0 cm³/mol. The van der Waals surface area contributed by atoms with Crippen LogP contribution in [-0.4, -0.2) is 28.6 Å². The highest BCUT2D eigenvalue weighted by atomic mass is 16.5. The summed E-state index contributed by atoms with van der Waals surface area (Å²) in [4.78, 5) is 26.5. The third-order valence-electron chi connectivity index (χ3n) is 2.51. The summed E-state index contributed by atoms with van der Waals surface area (Å²) >= 11 is 0. The number of carboxylic acid groups (broad SMARTS) is 1. The lowest BCUT2D eigenvalue weighted by Gasteiger charge is -2.07. The zero-order valence-corrected chi connectivity index (χ0v) is 11.1. The molecule has 102 valence electrons. The van der Waals surface area contributed by atoms with Crippen molar-refractivity contribution in [3.63, 3.8) is 0 Å². The Morgan fingerprint density at radius 3 is 2.47 bits per heavy atom. The average Bonchev–Trinajstić information content (AvgIpc) is 2.39. The molecule has 0 atom stereocenters. The van der Waals surface area contributed by atoms with Crippen molar-refractivity contribution >= 4 is 17.6 Å². The Hall–Kier alpha value is -2.37. The first-order chi connectivity index (χ1) is 8.95. The minimum atomic E-state index is -1.11. The van der Waals surface area contributed by atoms with Crippen molar-refractivity contribution < 1.29 is 19.4 Å². The van der Waals surface area contributed by atoms with Gasteiger partial charge in [0.25, 0.3) is 5.91 Å². The van der Waals surface area contributed by atoms with Crippen LogP contribution in [-0.2, 0) is 9.59 Å². The van der Waals surface area contributed by atoms with Gasteiger partial charge < -0.3 is 15.2 Å². The van der Waals surface area contributed by atoms with E-state index in [0.717, 1.165) is 0 Å². The molecule has 0 spiro atoms. The van der Waals surface area contributed by atoms with Crippen molar-refractivity contribution in [3.05, 3.63) is 29.5 Å². The fourth-order valence-corrected chi connectivity index (χ4v) is 1.24. The lowest BCUT2D eigenvalue weighted by Crippen LogP contribution is -2.16. The summed E-state index contributed by atoms with van der Waals surface area (Å²) in [6, 6.07) is 3.27. The Balaban J connectivity index is 2.77. The van der Waals surface area contributed by atoms with E-state index in [2.05, 4.69) is 10.3 Å². The van der Waals surface area contributed by atoms with E-state index < -0.39 is 11.9 Å². The van der Waals surface area contributed by atoms with E-state index in [9.17, 15) is 9.59 Å². The Bertz CT molecular complexity index is 506. The van der Waals surface area contributed by atoms with E-state index in [1.165, 1.54) is 20.0 Å². The number of pyridine rings is 1. The molecule has 0 aliphatic heterocycles. The number of aliphatic carboxylic acids is 1. The smallest absolute Gasteiger partial charge is 0.331 e. The number of carbonyl (C=O) groups is 2. The second-order valence-electron chi connectivity index (χ2n) is 3.83. The van der Waals surface area contributed by atoms with E-state index in [-0.39, 0.29) is 11.1 Å². The van der Waals surface area contributed by atoms with Crippen molar-refractivity contribution in [1.82, 2.24) is 4.98 Å². The molecule has 2 N–H and O–H groups in total. The number of carboxylic acids is 1. The van der Waals surface area contributed by atoms with Crippen molar-refractivity contribution in [2.75, 3.05) is 11.9 Å². The van der Waals surface area contributed by atoms with Gasteiger partial charge in [0.2, 0.25) is 5.88 Å². The number of aromatic nitrogens is 1. The molecule has 6 nitrogen and oxygen atoms in total. The molecule has 0 aliphatic rings. The van der Waals surface area contributed by atoms with Crippen LogP contribution in [0.5, 0.6) is 5.88 Å². The van der Waals surface area contributed by atoms with Crippen molar-refractivity contribution in [2.24, 2.45) is 0 Å². The van der Waals surface area contributed by atoms with Crippen LogP contribution in [0.4, 0.5) is 5.69 Å². The minimum Gasteiger partial charge on any atom is -0.478 e. The molecule has 0 saturated carbocycles. The Labute approximate surface area is 111 Å². The number of ether oxygens (including phenoxy) is 1. The SMILES string of the molecule is CCOc1ccc(NC(=O)C(C)=C(C)C(=O)O)cn1. The van der Waals surface area contributed by atoms with E-state index in [0.29, 0.717) is 18.2 Å². The summed E-state index contributed by atoms with van der Waals surface area (Å²) in [6.45, 7) is 5.20. The molecule has 0 aliphatic carbocycles. The Morgan fingerprint density at radius 2 is 2.00 bits per heavy atom. The molecule has 0 fully saturated rings. The van der Waals surface area contributed by atoms with Gasteiger partial charge in [-0.2, -0.15) is 0 Å². The third-order valence-corrected chi connectivity index (χ3v) is 2.51. The maximum absolute atomic E-state index is 11.8. The fraction of sp³-hybridized carbons (Fsp3) is 0.308. The standard InChI is InChI=1S/C13H16N2O4/c1-4-19-11-6-5-10(7-14-11)15-12(16)8(2)9(3)13(17)18/h5-7H,4H2,1-3H3,(H,15,16)(H,17,18). The van der Waals surface area contributed by atoms with E-state index in [1.807, 2.05) is 6.92 Å². The lowest BCUT2D eigenvalue weighted by atomic mass is 10.1. The largest absolute Gasteiger partial charge is 0.478 e. The van der Waals surface area contributed by atoms with Crippen LogP contribution < -0.4 is 10.1 Å². The predicted octanol–water partition coefficient (Wildman–Crippen LogP) is 1.84. The van der Waals surface area contributed by atoms with Crippen LogP contribution in [0.25, 0.3) is 0 Å². The van der Waals surface area contributed by atoms with Crippen LogP contribution in [0.3, 0.4) is 0 Å². The van der Waals surface area contributed by atoms with E-state index >= 15 is 0 Å². The number of hydrogen-bond acceptors (Lipinski definition) is 4. The van der Waals surface area contributed by atoms with Crippen molar-refractivity contribution in [3.8, 4) is 5.88 Å². The number of nitrogens with one attached hydrogen (secondary N) is 1. The number of nitrogens with zero attached hydrogens (tertiary/aromatic N) is 1. The summed E-state index contributed by atoms with van der Waals surface area (Å²) in [7, 11) is 0. The van der Waals surface area contributed by atoms with Crippen LogP contribution in [0.2, 0.25) is 0 Å². The maximum Gasteiger partial charge on any atom is 0.331 e. The number of rotatable bonds is 5. The first-order valence-corrected chi connectivity index (χ1v) is 5.76. The fourth-order valence-electron chi connectivity index (χ4n) is 1.24. The molecule has 0 saturated heterocycles. The van der Waals surface area contributed by atoms with E-state index in [1.54, 1.807) is 12.1 Å². The summed E-state index contributed by atoms with van der Waals surface area (Å²) in [5.41, 5.74) is 0.642. The molecule has 0 radical (unpaired) electrons. The molecule has 1 aromatic heterocycles. The van der Waals surface area contributed by atoms with Gasteiger partial charge in [0.1, 0.15) is 0 Å². The first kappa shape index (κ1) is 14.7. The van der Waals surface area contributed by atoms with Gasteiger partial charge in [-0.25, -0.2) is 9.78 Å². The zero-order chi connectivity index (χ0) is 14.4. The average molecular weight is 264 g/mol. The van der Waals surface area contributed by atoms with Gasteiger partial charge in [-0.3, -0.25) is 4.79 Å². The first-order valence-electron chi connectivity index (χ1n) is 5.76. The Kier molecular flexibility index (Phi) is 5.05. The van der Waals surface area contributed by atoms with Crippen molar-refractivity contribution in [2.45, 2.75) is 20.8 Å². The second kappa shape index (κ2) is 6.53. The zero-order valence-electron chi connectivity index (χ0n) is 11.1. The number of amides is 1. The molecule has 1 heterocycles. The van der Waals surface area contributed by atoms with Crippen LogP contribution in [0.15, 0.2) is 29.5 Å². The van der Waals surface area contributed by atoms with Gasteiger partial charge in [0.15, 0.2) is 0 Å². The topological polar surface area (TPSA) is 88.5 Å². The molecule has 19 heavy (non-hydrogen) atoms. The summed E-state index contributed by atoms with van der Waals surface area (Å²) in [5, 5.41) is 11.4. The molecule has 6 heteroatoms. The number of anilines is 1. The van der Waals surface area contributed by atoms with Crippen LogP contribution in [0.1, 0.15) is 20.8 Å². The van der Waals surface area contributed by atoms with Gasteiger partial charge in [-0.05, 0) is 26.8 Å². The van der Waals surface area contributed by atoms with E-state index in [4.69, 9.17) is 9.84 Å². The molecule has 1 rings (SSSR count). The molecule has 0 aromatic carbocycles. The molecule has 1 amide bonds.